The number of fused-ring (bicyclic) bond motifs is 1. The highest BCUT2D eigenvalue weighted by atomic mass is 79.9. The van der Waals surface area contributed by atoms with Gasteiger partial charge in [0.25, 0.3) is 5.91 Å². The van der Waals surface area contributed by atoms with Crippen LogP contribution in [0.3, 0.4) is 0 Å². The number of halogens is 2. The first-order valence-corrected chi connectivity index (χ1v) is 12.5. The summed E-state index contributed by atoms with van der Waals surface area (Å²) in [5, 5.41) is 8.31. The molecule has 0 bridgehead atoms. The highest BCUT2D eigenvalue weighted by molar-refractivity contribution is 9.10. The molecule has 1 saturated heterocycles. The number of aromatic amines is 1. The van der Waals surface area contributed by atoms with E-state index in [1.54, 1.807) is 18.2 Å². The molecular weight excluding hydrogens is 523 g/mol. The average Bonchev–Trinajstić information content (AvgIpc) is 3.60. The molecule has 4 N–H and O–H groups in total. The lowest BCUT2D eigenvalue weighted by Gasteiger charge is -2.27. The number of H-pyrrole nitrogens is 1. The van der Waals surface area contributed by atoms with Gasteiger partial charge < -0.3 is 25.7 Å². The predicted molar refractivity (Wildman–Crippen MR) is 129 cm³/mol. The van der Waals surface area contributed by atoms with Crippen molar-refractivity contribution in [2.24, 2.45) is 11.8 Å². The maximum Gasteiger partial charge on any atom is 0.328 e. The van der Waals surface area contributed by atoms with Gasteiger partial charge in [0.2, 0.25) is 11.8 Å². The van der Waals surface area contributed by atoms with Gasteiger partial charge in [0.05, 0.1) is 12.6 Å². The Labute approximate surface area is 210 Å². The van der Waals surface area contributed by atoms with Crippen molar-refractivity contribution in [1.82, 2.24) is 20.9 Å². The van der Waals surface area contributed by atoms with Crippen molar-refractivity contribution in [3.8, 4) is 0 Å². The Bertz CT molecular complexity index is 1150. The van der Waals surface area contributed by atoms with Gasteiger partial charge in [-0.2, -0.15) is 0 Å². The van der Waals surface area contributed by atoms with Crippen molar-refractivity contribution >= 4 is 50.5 Å². The van der Waals surface area contributed by atoms with Crippen LogP contribution in [-0.4, -0.2) is 54.4 Å². The van der Waals surface area contributed by atoms with Crippen molar-refractivity contribution in [2.75, 3.05) is 13.7 Å². The van der Waals surface area contributed by atoms with Crippen LogP contribution in [0.25, 0.3) is 10.9 Å². The van der Waals surface area contributed by atoms with Crippen LogP contribution in [0.5, 0.6) is 0 Å². The van der Waals surface area contributed by atoms with Gasteiger partial charge in [-0.3, -0.25) is 14.4 Å². The van der Waals surface area contributed by atoms with E-state index in [1.165, 1.54) is 7.11 Å². The van der Waals surface area contributed by atoms with E-state index in [1.807, 2.05) is 0 Å². The molecule has 2 aliphatic rings. The first-order chi connectivity index (χ1) is 16.8. The first kappa shape index (κ1) is 25.2. The molecule has 2 fully saturated rings. The molecule has 1 aliphatic carbocycles. The van der Waals surface area contributed by atoms with Crippen LogP contribution in [0.1, 0.15) is 49.0 Å². The molecule has 3 amide bonds. The number of ether oxygens (including phenoxy) is 1. The van der Waals surface area contributed by atoms with Gasteiger partial charge in [-0.25, -0.2) is 9.18 Å². The SMILES string of the molecule is COC(=O)C(C[C@@H]1CCCNC1=O)NC(=O)C(CC1CC1)NC(=O)c1[nH]c2cc(Br)ccc2c1F. The molecule has 0 spiro atoms. The maximum absolute atomic E-state index is 14.9. The molecule has 2 heterocycles. The van der Waals surface area contributed by atoms with E-state index in [0.29, 0.717) is 24.9 Å². The van der Waals surface area contributed by atoms with E-state index in [9.17, 15) is 23.6 Å². The molecule has 188 valence electrons. The zero-order valence-corrected chi connectivity index (χ0v) is 20.9. The number of aromatic nitrogens is 1. The molecule has 3 atom stereocenters. The number of rotatable bonds is 9. The molecule has 9 nitrogen and oxygen atoms in total. The molecule has 1 aromatic heterocycles. The minimum atomic E-state index is -1.04. The van der Waals surface area contributed by atoms with Crippen LogP contribution in [0.4, 0.5) is 4.39 Å². The Morgan fingerprint density at radius 1 is 1.17 bits per heavy atom. The molecule has 4 rings (SSSR count). The summed E-state index contributed by atoms with van der Waals surface area (Å²) >= 11 is 3.32. The van der Waals surface area contributed by atoms with Crippen LogP contribution in [0.2, 0.25) is 0 Å². The molecule has 2 aromatic rings. The third kappa shape index (κ3) is 6.01. The summed E-state index contributed by atoms with van der Waals surface area (Å²) in [4.78, 5) is 53.5. The van der Waals surface area contributed by atoms with E-state index >= 15 is 0 Å². The molecule has 0 radical (unpaired) electrons. The Hall–Kier alpha value is -2.95. The zero-order valence-electron chi connectivity index (χ0n) is 19.3. The van der Waals surface area contributed by atoms with Gasteiger partial charge in [-0.05, 0) is 49.8 Å². The minimum Gasteiger partial charge on any atom is -0.467 e. The second-order valence-electron chi connectivity index (χ2n) is 9.16. The van der Waals surface area contributed by atoms with E-state index in [0.717, 1.165) is 23.7 Å². The van der Waals surface area contributed by atoms with Gasteiger partial charge >= 0.3 is 5.97 Å². The van der Waals surface area contributed by atoms with Gasteiger partial charge in [-0.15, -0.1) is 0 Å². The number of amides is 3. The van der Waals surface area contributed by atoms with Crippen molar-refractivity contribution in [2.45, 2.75) is 50.6 Å². The normalized spacial score (nSPS) is 19.5. The number of carbonyl (C=O) groups is 4. The van der Waals surface area contributed by atoms with Gasteiger partial charge in [0.1, 0.15) is 17.8 Å². The molecule has 1 saturated carbocycles. The Morgan fingerprint density at radius 2 is 1.94 bits per heavy atom. The second kappa shape index (κ2) is 10.8. The van der Waals surface area contributed by atoms with E-state index < -0.39 is 41.6 Å². The van der Waals surface area contributed by atoms with Crippen LogP contribution < -0.4 is 16.0 Å². The molecule has 1 aromatic carbocycles. The Morgan fingerprint density at radius 3 is 2.63 bits per heavy atom. The largest absolute Gasteiger partial charge is 0.467 e. The zero-order chi connectivity index (χ0) is 25.1. The van der Waals surface area contributed by atoms with Gasteiger partial charge in [0, 0.05) is 22.3 Å². The number of hydrogen-bond donors (Lipinski definition) is 4. The lowest BCUT2D eigenvalue weighted by molar-refractivity contribution is -0.146. The van der Waals surface area contributed by atoms with Crippen LogP contribution in [-0.2, 0) is 19.1 Å². The number of nitrogens with one attached hydrogen (secondary N) is 4. The second-order valence-corrected chi connectivity index (χ2v) is 10.1. The molecule has 1 aliphatic heterocycles. The summed E-state index contributed by atoms with van der Waals surface area (Å²) in [5.74, 6) is -3.03. The monoisotopic (exact) mass is 550 g/mol. The number of carbonyl (C=O) groups excluding carboxylic acids is 4. The highest BCUT2D eigenvalue weighted by Crippen LogP contribution is 2.34. The van der Waals surface area contributed by atoms with E-state index in [2.05, 4.69) is 36.9 Å². The number of benzene rings is 1. The summed E-state index contributed by atoms with van der Waals surface area (Å²) in [6.45, 7) is 0.585. The summed E-state index contributed by atoms with van der Waals surface area (Å²) in [6, 6.07) is 2.87. The number of hydrogen-bond acceptors (Lipinski definition) is 5. The fraction of sp³-hybridized carbons (Fsp3) is 0.500. The smallest absolute Gasteiger partial charge is 0.328 e. The molecule has 2 unspecified atom stereocenters. The topological polar surface area (TPSA) is 129 Å². The predicted octanol–water partition coefficient (Wildman–Crippen LogP) is 2.54. The number of methoxy groups -OCH3 is 1. The lowest BCUT2D eigenvalue weighted by atomic mass is 9.91. The summed E-state index contributed by atoms with van der Waals surface area (Å²) < 4.78 is 20.5. The quantitative estimate of drug-likeness (QED) is 0.356. The van der Waals surface area contributed by atoms with Crippen LogP contribution in [0, 0.1) is 17.7 Å². The summed E-state index contributed by atoms with van der Waals surface area (Å²) in [5.41, 5.74) is 0.178. The Balaban J connectivity index is 1.49. The minimum absolute atomic E-state index is 0.0971. The Kier molecular flexibility index (Phi) is 7.73. The summed E-state index contributed by atoms with van der Waals surface area (Å²) in [7, 11) is 1.21. The molecule has 11 heteroatoms. The highest BCUT2D eigenvalue weighted by Gasteiger charge is 2.35. The fourth-order valence-corrected chi connectivity index (χ4v) is 4.78. The third-order valence-corrected chi connectivity index (χ3v) is 7.03. The van der Waals surface area contributed by atoms with Crippen molar-refractivity contribution < 1.29 is 28.3 Å². The van der Waals surface area contributed by atoms with E-state index in [-0.39, 0.29) is 29.3 Å². The van der Waals surface area contributed by atoms with E-state index in [4.69, 9.17) is 4.74 Å². The van der Waals surface area contributed by atoms with Gasteiger partial charge in [0.15, 0.2) is 5.82 Å². The average molecular weight is 551 g/mol. The van der Waals surface area contributed by atoms with Crippen molar-refractivity contribution in [1.29, 1.82) is 0 Å². The number of esters is 1. The molecule has 35 heavy (non-hydrogen) atoms. The third-order valence-electron chi connectivity index (χ3n) is 6.53. The lowest BCUT2D eigenvalue weighted by Crippen LogP contribution is -2.53. The standard InChI is InChI=1S/C24H28BrFN4O5/c1-35-24(34)18(10-13-3-2-8-27-21(13)31)30-22(32)17(9-12-4-5-12)29-23(33)20-19(26)15-7-6-14(25)11-16(15)28-20/h6-7,11-13,17-18,28H,2-5,8-10H2,1H3,(H,27,31)(H,29,33)(H,30,32)/t13-,17?,18?/m0/s1. The van der Waals surface area contributed by atoms with Gasteiger partial charge in [-0.1, -0.05) is 28.8 Å². The summed E-state index contributed by atoms with van der Waals surface area (Å²) in [6.07, 6.45) is 3.70. The van der Waals surface area contributed by atoms with Crippen molar-refractivity contribution in [3.63, 3.8) is 0 Å². The maximum atomic E-state index is 14.9. The molecular formula is C24H28BrFN4O5. The van der Waals surface area contributed by atoms with Crippen LogP contribution >= 0.6 is 15.9 Å². The first-order valence-electron chi connectivity index (χ1n) is 11.7. The van der Waals surface area contributed by atoms with Crippen molar-refractivity contribution in [3.05, 3.63) is 34.2 Å². The fourth-order valence-electron chi connectivity index (χ4n) is 4.41. The van der Waals surface area contributed by atoms with Crippen LogP contribution in [0.15, 0.2) is 22.7 Å². The number of piperidine rings is 1.